The number of nitrogens with one attached hydrogen (secondary N) is 1. The number of unbranched alkanes of at least 4 members (excludes halogenated alkanes) is 5. The van der Waals surface area contributed by atoms with Crippen molar-refractivity contribution < 1.29 is 22.4 Å². The Hall–Kier alpha value is -2.78. The standard InChI is InChI=1S/C24H34F3N5O2/c1-3-5-6-7-8-9-14-33-19-11-10-17(15-18(19)24(25,26)27)21-30-22(34-31-21)20-16(4-2)12-13-32(20)23(28)29/h10-11,15-16,20H,3-9,12-14H2,1-2H3,(H3,28,29)/t16-,20-/m0/s1. The summed E-state index contributed by atoms with van der Waals surface area (Å²) in [4.78, 5) is 6.06. The van der Waals surface area contributed by atoms with Gasteiger partial charge in [0.25, 0.3) is 0 Å². The molecule has 2 heterocycles. The van der Waals surface area contributed by atoms with Gasteiger partial charge in [0.1, 0.15) is 11.8 Å². The van der Waals surface area contributed by atoms with Crippen molar-refractivity contribution in [3.63, 3.8) is 0 Å². The molecule has 0 amide bonds. The van der Waals surface area contributed by atoms with Crippen molar-refractivity contribution in [3.05, 3.63) is 29.7 Å². The van der Waals surface area contributed by atoms with E-state index in [1.165, 1.54) is 18.6 Å². The van der Waals surface area contributed by atoms with Gasteiger partial charge in [0, 0.05) is 12.1 Å². The molecule has 0 radical (unpaired) electrons. The highest BCUT2D eigenvalue weighted by molar-refractivity contribution is 5.75. The van der Waals surface area contributed by atoms with Crippen LogP contribution in [0.2, 0.25) is 0 Å². The SMILES string of the molecule is CCCCCCCCOc1ccc(-c2noc([C@@H]3[C@@H](CC)CCN3C(=N)N)n2)cc1C(F)(F)F. The smallest absolute Gasteiger partial charge is 0.419 e. The molecule has 10 heteroatoms. The molecule has 2 aromatic rings. The van der Waals surface area contributed by atoms with Gasteiger partial charge in [0.15, 0.2) is 5.96 Å². The lowest BCUT2D eigenvalue weighted by Gasteiger charge is -2.24. The topological polar surface area (TPSA) is 101 Å². The third kappa shape index (κ3) is 6.21. The van der Waals surface area contributed by atoms with Gasteiger partial charge in [-0.3, -0.25) is 5.41 Å². The van der Waals surface area contributed by atoms with Crippen LogP contribution < -0.4 is 10.5 Å². The summed E-state index contributed by atoms with van der Waals surface area (Å²) >= 11 is 0. The van der Waals surface area contributed by atoms with Crippen LogP contribution in [0.4, 0.5) is 13.2 Å². The van der Waals surface area contributed by atoms with Crippen molar-refractivity contribution in [2.45, 2.75) is 77.4 Å². The third-order valence-corrected chi connectivity index (χ3v) is 6.35. The van der Waals surface area contributed by atoms with E-state index in [1.807, 2.05) is 6.92 Å². The molecule has 7 nitrogen and oxygen atoms in total. The first kappa shape index (κ1) is 25.8. The molecule has 1 aromatic heterocycles. The summed E-state index contributed by atoms with van der Waals surface area (Å²) in [5, 5.41) is 11.7. The van der Waals surface area contributed by atoms with Crippen LogP contribution in [0.15, 0.2) is 22.7 Å². The molecule has 0 unspecified atom stereocenters. The summed E-state index contributed by atoms with van der Waals surface area (Å²) in [5.41, 5.74) is 5.03. The van der Waals surface area contributed by atoms with Gasteiger partial charge in [-0.05, 0) is 37.0 Å². The average Bonchev–Trinajstić information content (AvgIpc) is 3.44. The normalized spacial score (nSPS) is 18.4. The van der Waals surface area contributed by atoms with Gasteiger partial charge in [-0.1, -0.05) is 57.5 Å². The highest BCUT2D eigenvalue weighted by atomic mass is 19.4. The van der Waals surface area contributed by atoms with Gasteiger partial charge >= 0.3 is 6.18 Å². The summed E-state index contributed by atoms with van der Waals surface area (Å²) in [7, 11) is 0. The fraction of sp³-hybridized carbons (Fsp3) is 0.625. The predicted molar refractivity (Wildman–Crippen MR) is 123 cm³/mol. The van der Waals surface area contributed by atoms with E-state index in [0.29, 0.717) is 13.0 Å². The van der Waals surface area contributed by atoms with E-state index in [0.717, 1.165) is 44.6 Å². The van der Waals surface area contributed by atoms with Crippen molar-refractivity contribution in [3.8, 4) is 17.1 Å². The molecule has 0 saturated carbocycles. The zero-order valence-electron chi connectivity index (χ0n) is 19.8. The zero-order chi connectivity index (χ0) is 24.7. The number of nitrogens with two attached hydrogens (primary N) is 1. The second-order valence-electron chi connectivity index (χ2n) is 8.76. The first-order valence-corrected chi connectivity index (χ1v) is 12.0. The van der Waals surface area contributed by atoms with Crippen LogP contribution in [0.3, 0.4) is 0 Å². The van der Waals surface area contributed by atoms with Gasteiger partial charge in [0.2, 0.25) is 11.7 Å². The van der Waals surface area contributed by atoms with Crippen LogP contribution in [-0.4, -0.2) is 34.2 Å². The number of rotatable bonds is 11. The van der Waals surface area contributed by atoms with Gasteiger partial charge < -0.3 is 19.9 Å². The number of aromatic nitrogens is 2. The Morgan fingerprint density at radius 3 is 2.62 bits per heavy atom. The van der Waals surface area contributed by atoms with E-state index < -0.39 is 11.7 Å². The van der Waals surface area contributed by atoms with E-state index in [4.69, 9.17) is 20.4 Å². The lowest BCUT2D eigenvalue weighted by atomic mass is 9.97. The van der Waals surface area contributed by atoms with Crippen LogP contribution in [-0.2, 0) is 6.18 Å². The molecular weight excluding hydrogens is 447 g/mol. The molecule has 0 aliphatic carbocycles. The Morgan fingerprint density at radius 2 is 1.94 bits per heavy atom. The Kier molecular flexibility index (Phi) is 8.79. The number of alkyl halides is 3. The third-order valence-electron chi connectivity index (χ3n) is 6.35. The minimum Gasteiger partial charge on any atom is -0.493 e. The summed E-state index contributed by atoms with van der Waals surface area (Å²) in [6.07, 6.45) is 3.23. The Bertz CT molecular complexity index is 947. The molecule has 1 fully saturated rings. The van der Waals surface area contributed by atoms with E-state index in [2.05, 4.69) is 17.1 Å². The van der Waals surface area contributed by atoms with Gasteiger partial charge in [-0.15, -0.1) is 0 Å². The van der Waals surface area contributed by atoms with Crippen molar-refractivity contribution in [1.29, 1.82) is 5.41 Å². The molecule has 1 aromatic carbocycles. The quantitative estimate of drug-likeness (QED) is 0.226. The molecule has 3 rings (SSSR count). The maximum Gasteiger partial charge on any atom is 0.419 e. The molecule has 2 atom stereocenters. The Balaban J connectivity index is 1.75. The highest BCUT2D eigenvalue weighted by Gasteiger charge is 2.39. The van der Waals surface area contributed by atoms with Crippen LogP contribution in [0.25, 0.3) is 11.4 Å². The number of halogens is 3. The van der Waals surface area contributed by atoms with E-state index >= 15 is 0 Å². The predicted octanol–water partition coefficient (Wildman–Crippen LogP) is 6.16. The van der Waals surface area contributed by atoms with E-state index in [-0.39, 0.29) is 47.6 Å². The van der Waals surface area contributed by atoms with Crippen molar-refractivity contribution in [2.24, 2.45) is 11.7 Å². The Labute approximate surface area is 198 Å². The molecule has 3 N–H and O–H groups in total. The van der Waals surface area contributed by atoms with Crippen LogP contribution in [0, 0.1) is 11.3 Å². The molecule has 0 bridgehead atoms. The summed E-state index contributed by atoms with van der Waals surface area (Å²) < 4.78 is 52.2. The fourth-order valence-electron chi connectivity index (χ4n) is 4.44. The van der Waals surface area contributed by atoms with Crippen molar-refractivity contribution >= 4 is 5.96 Å². The first-order chi connectivity index (χ1) is 16.3. The number of guanidine groups is 1. The largest absolute Gasteiger partial charge is 0.493 e. The van der Waals surface area contributed by atoms with Crippen LogP contribution >= 0.6 is 0 Å². The first-order valence-electron chi connectivity index (χ1n) is 12.0. The maximum atomic E-state index is 13.8. The zero-order valence-corrected chi connectivity index (χ0v) is 19.8. The summed E-state index contributed by atoms with van der Waals surface area (Å²) in [5.74, 6) is 0.200. The number of likely N-dealkylation sites (tertiary alicyclic amines) is 1. The fourth-order valence-corrected chi connectivity index (χ4v) is 4.44. The van der Waals surface area contributed by atoms with E-state index in [9.17, 15) is 13.2 Å². The summed E-state index contributed by atoms with van der Waals surface area (Å²) in [6.45, 7) is 5.00. The molecule has 0 spiro atoms. The number of hydrogen-bond donors (Lipinski definition) is 2. The second-order valence-corrected chi connectivity index (χ2v) is 8.76. The molecule has 1 saturated heterocycles. The minimum atomic E-state index is -4.58. The number of nitrogens with zero attached hydrogens (tertiary/aromatic N) is 3. The Morgan fingerprint density at radius 1 is 1.21 bits per heavy atom. The monoisotopic (exact) mass is 481 g/mol. The molecule has 1 aliphatic heterocycles. The van der Waals surface area contributed by atoms with Crippen LogP contribution in [0.5, 0.6) is 5.75 Å². The lowest BCUT2D eigenvalue weighted by Crippen LogP contribution is -2.37. The van der Waals surface area contributed by atoms with Gasteiger partial charge in [0.05, 0.1) is 12.2 Å². The second kappa shape index (κ2) is 11.6. The lowest BCUT2D eigenvalue weighted by molar-refractivity contribution is -0.138. The maximum absolute atomic E-state index is 13.8. The van der Waals surface area contributed by atoms with E-state index in [1.54, 1.807) is 4.90 Å². The van der Waals surface area contributed by atoms with Crippen molar-refractivity contribution in [1.82, 2.24) is 15.0 Å². The molecule has 188 valence electrons. The number of hydrogen-bond acceptors (Lipinski definition) is 5. The minimum absolute atomic E-state index is 0.0632. The van der Waals surface area contributed by atoms with Crippen molar-refractivity contribution in [2.75, 3.05) is 13.2 Å². The number of benzene rings is 1. The highest BCUT2D eigenvalue weighted by Crippen LogP contribution is 2.40. The van der Waals surface area contributed by atoms with Gasteiger partial charge in [-0.2, -0.15) is 18.2 Å². The molecular formula is C24H34F3N5O2. The average molecular weight is 482 g/mol. The van der Waals surface area contributed by atoms with Crippen LogP contribution in [0.1, 0.15) is 82.7 Å². The molecule has 1 aliphatic rings. The van der Waals surface area contributed by atoms with Gasteiger partial charge in [-0.25, -0.2) is 0 Å². The molecule has 34 heavy (non-hydrogen) atoms. The number of ether oxygens (including phenoxy) is 1. The summed E-state index contributed by atoms with van der Waals surface area (Å²) in [6, 6.07) is 3.47.